The normalized spacial score (nSPS) is 21.0. The van der Waals surface area contributed by atoms with Crippen LogP contribution in [0.5, 0.6) is 5.75 Å². The molecule has 8 nitrogen and oxygen atoms in total. The van der Waals surface area contributed by atoms with E-state index in [1.807, 2.05) is 66.7 Å². The number of rotatable bonds is 11. The number of amides is 2. The number of ether oxygens (including phenoxy) is 2. The predicted octanol–water partition coefficient (Wildman–Crippen LogP) is 5.03. The van der Waals surface area contributed by atoms with Gasteiger partial charge in [0.05, 0.1) is 24.6 Å². The summed E-state index contributed by atoms with van der Waals surface area (Å²) < 4.78 is 11.4. The molecule has 0 radical (unpaired) electrons. The molecule has 0 saturated heterocycles. The molecule has 1 fully saturated rings. The fourth-order valence-corrected chi connectivity index (χ4v) is 5.86. The van der Waals surface area contributed by atoms with E-state index in [1.54, 1.807) is 0 Å². The number of cyclic esters (lactones) is 1. The summed E-state index contributed by atoms with van der Waals surface area (Å²) in [6, 6.07) is 16.8. The van der Waals surface area contributed by atoms with Gasteiger partial charge in [-0.2, -0.15) is 0 Å². The molecule has 1 aliphatic carbocycles. The highest BCUT2D eigenvalue weighted by atomic mass is 16.5. The summed E-state index contributed by atoms with van der Waals surface area (Å²) in [6.07, 6.45) is 12.1. The number of hydrogen-bond donors (Lipinski definition) is 3. The number of allylic oxidation sites excluding steroid dienone is 2. The molecule has 2 amide bonds. The second-order valence-electron chi connectivity index (χ2n) is 11.8. The molecule has 0 unspecified atom stereocenters. The molecule has 232 valence electrons. The molecule has 0 spiro atoms. The monoisotopic (exact) mass is 590 g/mol. The summed E-state index contributed by atoms with van der Waals surface area (Å²) >= 11 is 0. The van der Waals surface area contributed by atoms with E-state index in [2.05, 4.69) is 10.6 Å². The van der Waals surface area contributed by atoms with Crippen molar-refractivity contribution in [3.05, 3.63) is 77.9 Å². The summed E-state index contributed by atoms with van der Waals surface area (Å²) in [5.41, 5.74) is 2.04. The minimum atomic E-state index is -0.555. The van der Waals surface area contributed by atoms with Crippen LogP contribution in [0.1, 0.15) is 75.3 Å². The minimum absolute atomic E-state index is 0.00880. The average molecular weight is 591 g/mol. The van der Waals surface area contributed by atoms with Crippen molar-refractivity contribution in [1.82, 2.24) is 10.6 Å². The Balaban J connectivity index is 1.31. The Bertz CT molecular complexity index is 1180. The Morgan fingerprint density at radius 2 is 1.77 bits per heavy atom. The van der Waals surface area contributed by atoms with Gasteiger partial charge in [0.25, 0.3) is 0 Å². The molecule has 0 bridgehead atoms. The van der Waals surface area contributed by atoms with Gasteiger partial charge in [-0.25, -0.2) is 0 Å². The van der Waals surface area contributed by atoms with E-state index in [0.717, 1.165) is 36.1 Å². The van der Waals surface area contributed by atoms with Crippen LogP contribution in [0.25, 0.3) is 0 Å². The predicted molar refractivity (Wildman–Crippen MR) is 165 cm³/mol. The molecule has 2 aromatic carbocycles. The van der Waals surface area contributed by atoms with Crippen molar-refractivity contribution in [2.45, 2.75) is 89.3 Å². The second-order valence-corrected chi connectivity index (χ2v) is 11.8. The van der Waals surface area contributed by atoms with E-state index in [-0.39, 0.29) is 43.5 Å². The fraction of sp³-hybridized carbons (Fsp3) is 0.514. The first-order valence-electron chi connectivity index (χ1n) is 15.8. The van der Waals surface area contributed by atoms with Crippen molar-refractivity contribution in [3.63, 3.8) is 0 Å². The molecule has 0 aromatic heterocycles. The van der Waals surface area contributed by atoms with Crippen LogP contribution in [0, 0.1) is 11.8 Å². The van der Waals surface area contributed by atoms with Gasteiger partial charge in [0.1, 0.15) is 19.0 Å². The van der Waals surface area contributed by atoms with Crippen molar-refractivity contribution >= 4 is 17.8 Å². The molecule has 1 heterocycles. The van der Waals surface area contributed by atoms with Crippen LogP contribution in [-0.2, 0) is 32.1 Å². The number of carbonyl (C=O) groups is 3. The maximum Gasteiger partial charge on any atom is 0.306 e. The minimum Gasteiger partial charge on any atom is -0.489 e. The first-order chi connectivity index (χ1) is 21.0. The van der Waals surface area contributed by atoms with Crippen molar-refractivity contribution in [1.29, 1.82) is 0 Å². The molecule has 2 aliphatic rings. The van der Waals surface area contributed by atoms with Crippen molar-refractivity contribution in [2.24, 2.45) is 11.8 Å². The third-order valence-corrected chi connectivity index (χ3v) is 8.28. The Morgan fingerprint density at radius 3 is 2.51 bits per heavy atom. The highest BCUT2D eigenvalue weighted by Crippen LogP contribution is 2.28. The second kappa shape index (κ2) is 17.5. The molecule has 1 aliphatic heterocycles. The van der Waals surface area contributed by atoms with E-state index in [1.165, 1.54) is 19.3 Å². The SMILES string of the molecule is O=C(C[C@H]1CC=CCCC(=O)OC[C@H](CC2CCCCC2)NC1=O)N[C@H](CO)Cc1ccc(OCc2ccccc2)cc1. The lowest BCUT2D eigenvalue weighted by atomic mass is 9.84. The molecule has 8 heteroatoms. The first-order valence-corrected chi connectivity index (χ1v) is 15.8. The van der Waals surface area contributed by atoms with E-state index in [9.17, 15) is 19.5 Å². The molecule has 43 heavy (non-hydrogen) atoms. The number of carbonyl (C=O) groups excluding carboxylic acids is 3. The zero-order chi connectivity index (χ0) is 30.3. The molecular formula is C35H46N2O6. The highest BCUT2D eigenvalue weighted by molar-refractivity contribution is 5.86. The van der Waals surface area contributed by atoms with Crippen LogP contribution in [0.2, 0.25) is 0 Å². The number of hydrogen-bond acceptors (Lipinski definition) is 6. The molecule has 1 saturated carbocycles. The van der Waals surface area contributed by atoms with Crippen LogP contribution in [0.4, 0.5) is 0 Å². The molecule has 3 N–H and O–H groups in total. The highest BCUT2D eigenvalue weighted by Gasteiger charge is 2.27. The first kappa shape index (κ1) is 32.3. The Kier molecular flexibility index (Phi) is 13.1. The Morgan fingerprint density at radius 1 is 1.00 bits per heavy atom. The number of esters is 1. The Hall–Kier alpha value is -3.65. The van der Waals surface area contributed by atoms with Crippen molar-refractivity contribution < 1.29 is 29.0 Å². The molecule has 4 rings (SSSR count). The largest absolute Gasteiger partial charge is 0.489 e. The molecule has 3 atom stereocenters. The third kappa shape index (κ3) is 11.5. The zero-order valence-electron chi connectivity index (χ0n) is 25.0. The number of aliphatic hydroxyl groups excluding tert-OH is 1. The van der Waals surface area contributed by atoms with Crippen molar-refractivity contribution in [2.75, 3.05) is 13.2 Å². The fourth-order valence-electron chi connectivity index (χ4n) is 5.86. The van der Waals surface area contributed by atoms with Gasteiger partial charge in [-0.15, -0.1) is 0 Å². The van der Waals surface area contributed by atoms with Gasteiger partial charge in [-0.3, -0.25) is 14.4 Å². The topological polar surface area (TPSA) is 114 Å². The van der Waals surface area contributed by atoms with Gasteiger partial charge in [-0.1, -0.05) is 86.7 Å². The van der Waals surface area contributed by atoms with Gasteiger partial charge in [0.2, 0.25) is 11.8 Å². The molecular weight excluding hydrogens is 544 g/mol. The lowest BCUT2D eigenvalue weighted by Crippen LogP contribution is -2.45. The Labute approximate surface area is 255 Å². The van der Waals surface area contributed by atoms with Gasteiger partial charge < -0.3 is 25.2 Å². The van der Waals surface area contributed by atoms with Crippen molar-refractivity contribution in [3.8, 4) is 5.75 Å². The molecule has 2 aromatic rings. The standard InChI is InChI=1S/C35H46N2O6/c38-23-30(20-27-16-18-32(19-17-27)42-24-28-12-6-2-7-13-28)36-33(39)22-29-14-8-3-9-15-34(40)43-25-31(37-35(29)41)21-26-10-4-1-5-11-26/h2-3,6-8,12-13,16-19,26,29-31,38H,1,4-5,9-11,14-15,20-25H2,(H,36,39)(H,37,41)/t29-,30+,31+/m1/s1. The van der Waals surface area contributed by atoms with E-state index >= 15 is 0 Å². The number of nitrogens with one attached hydrogen (secondary N) is 2. The van der Waals surface area contributed by atoms with Crippen LogP contribution in [-0.4, -0.2) is 48.2 Å². The summed E-state index contributed by atoms with van der Waals surface area (Å²) in [5.74, 6) is -0.0480. The maximum atomic E-state index is 13.4. The summed E-state index contributed by atoms with van der Waals surface area (Å²) in [7, 11) is 0. The van der Waals surface area contributed by atoms with Crippen LogP contribution >= 0.6 is 0 Å². The maximum absolute atomic E-state index is 13.4. The van der Waals surface area contributed by atoms with Crippen LogP contribution < -0.4 is 15.4 Å². The third-order valence-electron chi connectivity index (χ3n) is 8.28. The lowest BCUT2D eigenvalue weighted by Gasteiger charge is -2.28. The number of benzene rings is 2. The van der Waals surface area contributed by atoms with Crippen LogP contribution in [0.3, 0.4) is 0 Å². The van der Waals surface area contributed by atoms with E-state index in [0.29, 0.717) is 38.2 Å². The van der Waals surface area contributed by atoms with Gasteiger partial charge >= 0.3 is 5.97 Å². The lowest BCUT2D eigenvalue weighted by molar-refractivity contribution is -0.145. The smallest absolute Gasteiger partial charge is 0.306 e. The van der Waals surface area contributed by atoms with Gasteiger partial charge in [0, 0.05) is 12.8 Å². The van der Waals surface area contributed by atoms with Crippen LogP contribution in [0.15, 0.2) is 66.7 Å². The average Bonchev–Trinajstić information content (AvgIpc) is 3.02. The van der Waals surface area contributed by atoms with Gasteiger partial charge in [0.15, 0.2) is 0 Å². The van der Waals surface area contributed by atoms with Gasteiger partial charge in [-0.05, 0) is 54.9 Å². The van der Waals surface area contributed by atoms with E-state index in [4.69, 9.17) is 9.47 Å². The van der Waals surface area contributed by atoms with E-state index < -0.39 is 12.0 Å². The quantitative estimate of drug-likeness (QED) is 0.250. The summed E-state index contributed by atoms with van der Waals surface area (Å²) in [4.78, 5) is 38.6. The number of aliphatic hydroxyl groups is 1. The summed E-state index contributed by atoms with van der Waals surface area (Å²) in [5, 5.41) is 16.0. The summed E-state index contributed by atoms with van der Waals surface area (Å²) in [6.45, 7) is 0.419. The zero-order valence-corrected chi connectivity index (χ0v) is 25.0.